The van der Waals surface area contributed by atoms with E-state index in [9.17, 15) is 9.90 Å². The number of aliphatic hydroxyl groups is 1. The first-order chi connectivity index (χ1) is 13.0. The summed E-state index contributed by atoms with van der Waals surface area (Å²) < 4.78 is 5.32. The van der Waals surface area contributed by atoms with Gasteiger partial charge in [-0.3, -0.25) is 0 Å². The fourth-order valence-corrected chi connectivity index (χ4v) is 3.99. The Labute approximate surface area is 160 Å². The minimum Gasteiger partial charge on any atom is -0.506 e. The van der Waals surface area contributed by atoms with E-state index in [-0.39, 0.29) is 11.5 Å². The van der Waals surface area contributed by atoms with Crippen molar-refractivity contribution in [2.45, 2.75) is 13.8 Å². The minimum absolute atomic E-state index is 0.00600. The Morgan fingerprint density at radius 1 is 1.11 bits per heavy atom. The number of hydrogen-bond donors (Lipinski definition) is 1. The molecule has 2 heterocycles. The number of aromatic nitrogens is 1. The van der Waals surface area contributed by atoms with Crippen LogP contribution in [0.15, 0.2) is 63.8 Å². The van der Waals surface area contributed by atoms with Gasteiger partial charge in [-0.15, -0.1) is 11.3 Å². The standard InChI is InChI=1S/C22H17NO3S/c1-13-8-9-19-16(10-13)23-17(22(25)26-19)12-18(24)21-14(2)11-20(27-21)15-6-4-3-5-7-15/h3-12,24H,1-2H3/b18-12-. The van der Waals surface area contributed by atoms with E-state index < -0.39 is 5.63 Å². The van der Waals surface area contributed by atoms with Crippen LogP contribution in [0.1, 0.15) is 21.7 Å². The van der Waals surface area contributed by atoms with Gasteiger partial charge in [0.2, 0.25) is 0 Å². The molecule has 1 N–H and O–H groups in total. The lowest BCUT2D eigenvalue weighted by Gasteiger charge is -2.01. The molecule has 0 unspecified atom stereocenters. The molecule has 0 fully saturated rings. The van der Waals surface area contributed by atoms with Crippen molar-refractivity contribution < 1.29 is 9.52 Å². The van der Waals surface area contributed by atoms with Crippen molar-refractivity contribution >= 4 is 34.3 Å². The number of rotatable bonds is 3. The van der Waals surface area contributed by atoms with Crippen molar-refractivity contribution in [2.75, 3.05) is 0 Å². The normalized spacial score (nSPS) is 11.9. The van der Waals surface area contributed by atoms with Crippen LogP contribution in [0.3, 0.4) is 0 Å². The van der Waals surface area contributed by atoms with Crippen molar-refractivity contribution in [2.24, 2.45) is 0 Å². The first kappa shape index (κ1) is 17.2. The first-order valence-corrected chi connectivity index (χ1v) is 9.31. The molecule has 4 nitrogen and oxygen atoms in total. The third kappa shape index (κ3) is 3.41. The molecule has 0 saturated heterocycles. The van der Waals surface area contributed by atoms with Gasteiger partial charge in [-0.2, -0.15) is 0 Å². The van der Waals surface area contributed by atoms with Crippen LogP contribution in [-0.2, 0) is 0 Å². The second kappa shape index (κ2) is 6.85. The zero-order chi connectivity index (χ0) is 19.0. The Balaban J connectivity index is 1.77. The van der Waals surface area contributed by atoms with Gasteiger partial charge in [-0.1, -0.05) is 36.4 Å². The molecule has 0 amide bonds. The van der Waals surface area contributed by atoms with E-state index in [4.69, 9.17) is 4.42 Å². The monoisotopic (exact) mass is 375 g/mol. The SMILES string of the molecule is Cc1ccc2oc(=O)c(/C=C(\O)c3sc(-c4ccccc4)cc3C)nc2c1. The summed E-state index contributed by atoms with van der Waals surface area (Å²) in [5.41, 5.74) is 3.57. The lowest BCUT2D eigenvalue weighted by molar-refractivity contribution is 0.515. The molecule has 0 saturated carbocycles. The van der Waals surface area contributed by atoms with Crippen LogP contribution in [0.2, 0.25) is 0 Å². The summed E-state index contributed by atoms with van der Waals surface area (Å²) in [6.07, 6.45) is 1.38. The predicted octanol–water partition coefficient (Wildman–Crippen LogP) is 5.59. The number of benzene rings is 2. The van der Waals surface area contributed by atoms with E-state index in [0.717, 1.165) is 21.6 Å². The van der Waals surface area contributed by atoms with Crippen LogP contribution < -0.4 is 5.63 Å². The summed E-state index contributed by atoms with van der Waals surface area (Å²) in [4.78, 5) is 18.3. The van der Waals surface area contributed by atoms with E-state index in [1.807, 2.05) is 62.4 Å². The molecule has 0 atom stereocenters. The van der Waals surface area contributed by atoms with Crippen molar-refractivity contribution in [3.8, 4) is 10.4 Å². The third-order valence-electron chi connectivity index (χ3n) is 4.25. The predicted molar refractivity (Wildman–Crippen MR) is 110 cm³/mol. The van der Waals surface area contributed by atoms with Crippen molar-refractivity contribution in [1.82, 2.24) is 4.98 Å². The van der Waals surface area contributed by atoms with Crippen LogP contribution in [-0.4, -0.2) is 10.1 Å². The Bertz CT molecular complexity index is 1220. The van der Waals surface area contributed by atoms with Gasteiger partial charge in [0.1, 0.15) is 11.3 Å². The van der Waals surface area contributed by atoms with Crippen molar-refractivity contribution in [3.63, 3.8) is 0 Å². The molecule has 2 aromatic heterocycles. The lowest BCUT2D eigenvalue weighted by Crippen LogP contribution is -2.06. The lowest BCUT2D eigenvalue weighted by atomic mass is 10.1. The zero-order valence-corrected chi connectivity index (χ0v) is 15.7. The zero-order valence-electron chi connectivity index (χ0n) is 14.9. The average molecular weight is 375 g/mol. The van der Waals surface area contributed by atoms with Crippen LogP contribution in [0.4, 0.5) is 0 Å². The van der Waals surface area contributed by atoms with Gasteiger partial charge in [0.05, 0.1) is 4.88 Å². The Hall–Kier alpha value is -3.18. The highest BCUT2D eigenvalue weighted by atomic mass is 32.1. The number of hydrogen-bond acceptors (Lipinski definition) is 5. The molecule has 0 aliphatic heterocycles. The highest BCUT2D eigenvalue weighted by Crippen LogP contribution is 2.34. The van der Waals surface area contributed by atoms with E-state index in [1.165, 1.54) is 17.4 Å². The molecule has 2 aromatic carbocycles. The summed E-state index contributed by atoms with van der Waals surface area (Å²) >= 11 is 1.47. The highest BCUT2D eigenvalue weighted by Gasteiger charge is 2.13. The molecular weight excluding hydrogens is 358 g/mol. The average Bonchev–Trinajstić information content (AvgIpc) is 3.05. The molecule has 5 heteroatoms. The number of thiophene rings is 1. The molecule has 0 aliphatic rings. The van der Waals surface area contributed by atoms with Crippen molar-refractivity contribution in [1.29, 1.82) is 0 Å². The topological polar surface area (TPSA) is 63.3 Å². The van der Waals surface area contributed by atoms with Gasteiger partial charge in [0.15, 0.2) is 11.3 Å². The summed E-state index contributed by atoms with van der Waals surface area (Å²) in [5.74, 6) is 0.00600. The summed E-state index contributed by atoms with van der Waals surface area (Å²) in [6.45, 7) is 3.88. The van der Waals surface area contributed by atoms with Gasteiger partial charge in [0, 0.05) is 11.0 Å². The van der Waals surface area contributed by atoms with E-state index in [2.05, 4.69) is 4.98 Å². The fraction of sp³-hybridized carbons (Fsp3) is 0.0909. The Morgan fingerprint density at radius 3 is 2.67 bits per heavy atom. The van der Waals surface area contributed by atoms with Gasteiger partial charge >= 0.3 is 5.63 Å². The summed E-state index contributed by atoms with van der Waals surface area (Å²) in [5, 5.41) is 10.6. The Kier molecular flexibility index (Phi) is 4.38. The Morgan fingerprint density at radius 2 is 1.89 bits per heavy atom. The van der Waals surface area contributed by atoms with Gasteiger partial charge < -0.3 is 9.52 Å². The molecule has 0 radical (unpaired) electrons. The molecule has 4 rings (SSSR count). The van der Waals surface area contributed by atoms with Crippen LogP contribution in [0.5, 0.6) is 0 Å². The maximum atomic E-state index is 12.2. The van der Waals surface area contributed by atoms with Gasteiger partial charge in [-0.25, -0.2) is 9.78 Å². The van der Waals surface area contributed by atoms with Crippen LogP contribution >= 0.6 is 11.3 Å². The molecule has 0 bridgehead atoms. The smallest absolute Gasteiger partial charge is 0.362 e. The number of nitrogens with zero attached hydrogens (tertiary/aromatic N) is 1. The molecule has 4 aromatic rings. The van der Waals surface area contributed by atoms with Gasteiger partial charge in [0.25, 0.3) is 0 Å². The number of aryl methyl sites for hydroxylation is 2. The molecule has 134 valence electrons. The van der Waals surface area contributed by atoms with Gasteiger partial charge in [-0.05, 0) is 48.7 Å². The van der Waals surface area contributed by atoms with Crippen LogP contribution in [0.25, 0.3) is 33.4 Å². The molecule has 0 spiro atoms. The maximum absolute atomic E-state index is 12.2. The molecule has 0 aliphatic carbocycles. The summed E-state index contributed by atoms with van der Waals surface area (Å²) in [7, 11) is 0. The fourth-order valence-electron chi connectivity index (χ4n) is 2.90. The second-order valence-electron chi connectivity index (χ2n) is 6.38. The van der Waals surface area contributed by atoms with Crippen LogP contribution in [0, 0.1) is 13.8 Å². The number of aliphatic hydroxyl groups excluding tert-OH is 1. The van der Waals surface area contributed by atoms with E-state index in [1.54, 1.807) is 6.07 Å². The molecular formula is C22H17NO3S. The second-order valence-corrected chi connectivity index (χ2v) is 7.43. The quantitative estimate of drug-likeness (QED) is 0.474. The summed E-state index contributed by atoms with van der Waals surface area (Å²) in [6, 6.07) is 17.4. The maximum Gasteiger partial charge on any atom is 0.362 e. The highest BCUT2D eigenvalue weighted by molar-refractivity contribution is 7.16. The van der Waals surface area contributed by atoms with E-state index in [0.29, 0.717) is 16.0 Å². The largest absolute Gasteiger partial charge is 0.506 e. The number of fused-ring (bicyclic) bond motifs is 1. The third-order valence-corrected chi connectivity index (χ3v) is 5.56. The minimum atomic E-state index is -0.574. The van der Waals surface area contributed by atoms with Crippen molar-refractivity contribution in [3.05, 3.63) is 86.7 Å². The van der Waals surface area contributed by atoms with E-state index >= 15 is 0 Å². The molecule has 27 heavy (non-hydrogen) atoms. The first-order valence-electron chi connectivity index (χ1n) is 8.49.